The zero-order valence-electron chi connectivity index (χ0n) is 13.5. The van der Waals surface area contributed by atoms with Crippen LogP contribution >= 0.6 is 11.3 Å². The molecule has 1 saturated heterocycles. The molecule has 2 aromatic rings. The fraction of sp³-hybridized carbons (Fsp3) is 0.588. The zero-order valence-corrected chi connectivity index (χ0v) is 14.3. The van der Waals surface area contributed by atoms with Gasteiger partial charge in [0.15, 0.2) is 10.9 Å². The van der Waals surface area contributed by atoms with E-state index in [1.54, 1.807) is 0 Å². The summed E-state index contributed by atoms with van der Waals surface area (Å²) >= 11 is 1.89. The van der Waals surface area contributed by atoms with Gasteiger partial charge in [0.1, 0.15) is 0 Å². The van der Waals surface area contributed by atoms with E-state index in [1.807, 2.05) is 11.3 Å². The van der Waals surface area contributed by atoms with E-state index in [9.17, 15) is 0 Å². The lowest BCUT2D eigenvalue weighted by Gasteiger charge is -2.44. The van der Waals surface area contributed by atoms with Gasteiger partial charge in [0.25, 0.3) is 0 Å². The molecule has 3 aliphatic rings. The number of aryl methyl sites for hydroxylation is 4. The highest BCUT2D eigenvalue weighted by atomic mass is 32.1. The van der Waals surface area contributed by atoms with E-state index in [0.717, 1.165) is 25.3 Å². The Balaban J connectivity index is 1.27. The summed E-state index contributed by atoms with van der Waals surface area (Å²) in [5.41, 5.74) is 3.96. The van der Waals surface area contributed by atoms with Gasteiger partial charge in [-0.25, -0.2) is 4.98 Å². The lowest BCUT2D eigenvalue weighted by atomic mass is 10.1. The van der Waals surface area contributed by atoms with E-state index in [0.29, 0.717) is 6.04 Å². The van der Waals surface area contributed by atoms with Gasteiger partial charge in [0.2, 0.25) is 0 Å². The Kier molecular flexibility index (Phi) is 3.08. The number of fused-ring (bicyclic) bond motifs is 2. The molecule has 6 heteroatoms. The molecule has 0 saturated carbocycles. The van der Waals surface area contributed by atoms with Crippen LogP contribution < -0.4 is 9.80 Å². The van der Waals surface area contributed by atoms with Crippen molar-refractivity contribution < 1.29 is 0 Å². The van der Waals surface area contributed by atoms with E-state index < -0.39 is 0 Å². The molecule has 0 unspecified atom stereocenters. The predicted molar refractivity (Wildman–Crippen MR) is 92.6 cm³/mol. The number of rotatable bonds is 3. The largest absolute Gasteiger partial charge is 0.351 e. The highest BCUT2D eigenvalue weighted by Crippen LogP contribution is 2.34. The van der Waals surface area contributed by atoms with Crippen LogP contribution in [0.4, 0.5) is 10.9 Å². The molecule has 2 aromatic heterocycles. The molecule has 120 valence electrons. The SMILES string of the molecule is CN(c1nc2c(s1)CCC2)C1CN(c2cc3c(nn2)CCC3)C1. The minimum absolute atomic E-state index is 0.538. The Labute approximate surface area is 140 Å². The van der Waals surface area contributed by atoms with Gasteiger partial charge < -0.3 is 9.80 Å². The molecule has 0 amide bonds. The number of anilines is 2. The average Bonchev–Trinajstić information content (AvgIpc) is 3.20. The molecule has 5 nitrogen and oxygen atoms in total. The van der Waals surface area contributed by atoms with Gasteiger partial charge in [0.05, 0.1) is 17.4 Å². The fourth-order valence-electron chi connectivity index (χ4n) is 3.84. The molecule has 3 heterocycles. The summed E-state index contributed by atoms with van der Waals surface area (Å²) in [5, 5.41) is 10.0. The van der Waals surface area contributed by atoms with Gasteiger partial charge >= 0.3 is 0 Å². The summed E-state index contributed by atoms with van der Waals surface area (Å²) < 4.78 is 0. The number of nitrogens with zero attached hydrogens (tertiary/aromatic N) is 5. The van der Waals surface area contributed by atoms with E-state index in [-0.39, 0.29) is 0 Å². The van der Waals surface area contributed by atoms with Crippen LogP contribution in [-0.2, 0) is 25.7 Å². The molecule has 0 atom stereocenters. The molecule has 1 fully saturated rings. The molecular weight excluding hydrogens is 306 g/mol. The number of hydrogen-bond donors (Lipinski definition) is 0. The number of likely N-dealkylation sites (N-methyl/N-ethyl adjacent to an activating group) is 1. The number of hydrogen-bond acceptors (Lipinski definition) is 6. The topological polar surface area (TPSA) is 45.2 Å². The maximum absolute atomic E-state index is 4.84. The maximum Gasteiger partial charge on any atom is 0.185 e. The standard InChI is InChI=1S/C17H21N5S/c1-21(17-18-14-6-3-7-15(14)23-17)12-9-22(10-12)16-8-11-4-2-5-13(11)19-20-16/h8,12H,2-7,9-10H2,1H3. The molecule has 23 heavy (non-hydrogen) atoms. The summed E-state index contributed by atoms with van der Waals surface area (Å²) in [6.07, 6.45) is 7.17. The van der Waals surface area contributed by atoms with Crippen molar-refractivity contribution in [3.63, 3.8) is 0 Å². The van der Waals surface area contributed by atoms with Crippen molar-refractivity contribution >= 4 is 22.3 Å². The second-order valence-electron chi connectivity index (χ2n) is 6.92. The van der Waals surface area contributed by atoms with Crippen molar-refractivity contribution in [2.45, 2.75) is 44.6 Å². The van der Waals surface area contributed by atoms with Crippen LogP contribution in [0.3, 0.4) is 0 Å². The average molecular weight is 327 g/mol. The summed E-state index contributed by atoms with van der Waals surface area (Å²) in [7, 11) is 2.18. The van der Waals surface area contributed by atoms with Gasteiger partial charge in [-0.15, -0.1) is 16.4 Å². The van der Waals surface area contributed by atoms with E-state index in [1.165, 1.54) is 59.1 Å². The minimum atomic E-state index is 0.538. The predicted octanol–water partition coefficient (Wildman–Crippen LogP) is 2.24. The van der Waals surface area contributed by atoms with Crippen molar-refractivity contribution in [1.82, 2.24) is 15.2 Å². The lowest BCUT2D eigenvalue weighted by Crippen LogP contribution is -2.59. The molecule has 0 aromatic carbocycles. The van der Waals surface area contributed by atoms with Crippen molar-refractivity contribution in [3.05, 3.63) is 27.9 Å². The fourth-order valence-corrected chi connectivity index (χ4v) is 5.02. The second kappa shape index (κ2) is 5.16. The van der Waals surface area contributed by atoms with E-state index >= 15 is 0 Å². The Hall–Kier alpha value is -1.69. The van der Waals surface area contributed by atoms with Crippen LogP contribution in [0.5, 0.6) is 0 Å². The lowest BCUT2D eigenvalue weighted by molar-refractivity contribution is 0.489. The molecule has 2 aliphatic carbocycles. The van der Waals surface area contributed by atoms with Gasteiger partial charge in [-0.2, -0.15) is 5.10 Å². The Morgan fingerprint density at radius 1 is 1.09 bits per heavy atom. The number of aromatic nitrogens is 3. The van der Waals surface area contributed by atoms with Crippen molar-refractivity contribution in [2.75, 3.05) is 29.9 Å². The normalized spacial score (nSPS) is 19.6. The highest BCUT2D eigenvalue weighted by molar-refractivity contribution is 7.15. The molecular formula is C17H21N5S. The molecule has 0 N–H and O–H groups in total. The molecule has 1 aliphatic heterocycles. The monoisotopic (exact) mass is 327 g/mol. The Morgan fingerprint density at radius 2 is 1.91 bits per heavy atom. The van der Waals surface area contributed by atoms with Crippen LogP contribution in [0.15, 0.2) is 6.07 Å². The first-order valence-corrected chi connectivity index (χ1v) is 9.41. The summed E-state index contributed by atoms with van der Waals surface area (Å²) in [6, 6.07) is 2.79. The van der Waals surface area contributed by atoms with Gasteiger partial charge in [-0.3, -0.25) is 0 Å². The van der Waals surface area contributed by atoms with Crippen LogP contribution in [0.25, 0.3) is 0 Å². The van der Waals surface area contributed by atoms with Crippen LogP contribution in [0, 0.1) is 0 Å². The second-order valence-corrected chi connectivity index (χ2v) is 7.98. The first-order chi connectivity index (χ1) is 11.3. The Morgan fingerprint density at radius 3 is 2.78 bits per heavy atom. The highest BCUT2D eigenvalue weighted by Gasteiger charge is 2.33. The van der Waals surface area contributed by atoms with Crippen LogP contribution in [0.2, 0.25) is 0 Å². The first-order valence-electron chi connectivity index (χ1n) is 8.60. The van der Waals surface area contributed by atoms with Crippen molar-refractivity contribution in [2.24, 2.45) is 0 Å². The molecule has 0 spiro atoms. The summed E-state index contributed by atoms with van der Waals surface area (Å²) in [5.74, 6) is 1.05. The number of thiazole rings is 1. The van der Waals surface area contributed by atoms with Crippen molar-refractivity contribution in [3.8, 4) is 0 Å². The summed E-state index contributed by atoms with van der Waals surface area (Å²) in [6.45, 7) is 2.04. The third-order valence-electron chi connectivity index (χ3n) is 5.43. The maximum atomic E-state index is 4.84. The summed E-state index contributed by atoms with van der Waals surface area (Å²) in [4.78, 5) is 11.0. The quantitative estimate of drug-likeness (QED) is 0.865. The van der Waals surface area contributed by atoms with Gasteiger partial charge in [-0.05, 0) is 50.2 Å². The smallest absolute Gasteiger partial charge is 0.185 e. The molecule has 0 radical (unpaired) electrons. The van der Waals surface area contributed by atoms with Gasteiger partial charge in [0, 0.05) is 25.0 Å². The van der Waals surface area contributed by atoms with Crippen LogP contribution in [0.1, 0.15) is 34.7 Å². The first kappa shape index (κ1) is 13.7. The van der Waals surface area contributed by atoms with E-state index in [2.05, 4.69) is 33.1 Å². The minimum Gasteiger partial charge on any atom is -0.351 e. The van der Waals surface area contributed by atoms with E-state index in [4.69, 9.17) is 4.98 Å². The third-order valence-corrected chi connectivity index (χ3v) is 6.67. The molecule has 5 rings (SSSR count). The Bertz CT molecular complexity index is 728. The van der Waals surface area contributed by atoms with Gasteiger partial charge in [-0.1, -0.05) is 0 Å². The zero-order chi connectivity index (χ0) is 15.4. The van der Waals surface area contributed by atoms with Crippen molar-refractivity contribution in [1.29, 1.82) is 0 Å². The molecule has 0 bridgehead atoms. The van der Waals surface area contributed by atoms with Crippen LogP contribution in [-0.4, -0.2) is 41.4 Å². The third kappa shape index (κ3) is 2.23.